The number of nitrogens with one attached hydrogen (secondary N) is 1. The number of anilines is 2. The monoisotopic (exact) mass is 279 g/mol. The Morgan fingerprint density at radius 3 is 2.89 bits per heavy atom. The average molecular weight is 279 g/mol. The number of benzene rings is 1. The van der Waals surface area contributed by atoms with Crippen molar-refractivity contribution in [2.24, 2.45) is 0 Å². The van der Waals surface area contributed by atoms with Crippen LogP contribution in [0.4, 0.5) is 15.2 Å². The minimum atomic E-state index is -0.234. The summed E-state index contributed by atoms with van der Waals surface area (Å²) in [6, 6.07) is 6.96. The Hall–Kier alpha value is -1.46. The largest absolute Gasteiger partial charge is 0.321 e. The first kappa shape index (κ1) is 14.0. The zero-order valence-corrected chi connectivity index (χ0v) is 12.2. The highest BCUT2D eigenvalue weighted by Gasteiger charge is 2.09. The lowest BCUT2D eigenvalue weighted by molar-refractivity contribution is 0.583. The van der Waals surface area contributed by atoms with Gasteiger partial charge in [0.25, 0.3) is 0 Å². The second-order valence-corrected chi connectivity index (χ2v) is 5.53. The van der Waals surface area contributed by atoms with Crippen LogP contribution in [0.15, 0.2) is 29.6 Å². The molecule has 0 spiro atoms. The van der Waals surface area contributed by atoms with E-state index in [2.05, 4.69) is 24.1 Å². The lowest BCUT2D eigenvalue weighted by atomic mass is 10.3. The maximum atomic E-state index is 13.2. The molecule has 1 aromatic heterocycles. The van der Waals surface area contributed by atoms with Crippen LogP contribution >= 0.6 is 11.3 Å². The number of rotatable bonds is 5. The molecule has 0 saturated carbocycles. The molecule has 0 aliphatic rings. The zero-order chi connectivity index (χ0) is 13.8. The number of hydrogen-bond donors (Lipinski definition) is 1. The predicted octanol–water partition coefficient (Wildman–Crippen LogP) is 3.55. The van der Waals surface area contributed by atoms with E-state index in [4.69, 9.17) is 0 Å². The summed E-state index contributed by atoms with van der Waals surface area (Å²) in [4.78, 5) is 6.44. The highest BCUT2D eigenvalue weighted by atomic mass is 32.1. The van der Waals surface area contributed by atoms with E-state index in [0.29, 0.717) is 6.04 Å². The Morgan fingerprint density at radius 1 is 1.42 bits per heavy atom. The first-order chi connectivity index (χ1) is 9.06. The quantitative estimate of drug-likeness (QED) is 0.907. The molecule has 0 aliphatic heterocycles. The standard InChI is InChI=1S/C14H18FN3S/c1-10(2)16-8-12-9-19-14(17-12)18(3)13-6-4-5-11(15)7-13/h4-7,9-10,16H,8H2,1-3H3. The molecule has 3 nitrogen and oxygen atoms in total. The molecule has 0 atom stereocenters. The second-order valence-electron chi connectivity index (χ2n) is 4.70. The third-order valence-corrected chi connectivity index (χ3v) is 3.68. The number of halogens is 1. The summed E-state index contributed by atoms with van der Waals surface area (Å²) in [5, 5.41) is 6.22. The molecule has 2 rings (SSSR count). The van der Waals surface area contributed by atoms with Gasteiger partial charge in [-0.3, -0.25) is 0 Å². The van der Waals surface area contributed by atoms with Crippen LogP contribution in [0.25, 0.3) is 0 Å². The van der Waals surface area contributed by atoms with Crippen LogP contribution in [0.2, 0.25) is 0 Å². The van der Waals surface area contributed by atoms with Crippen LogP contribution < -0.4 is 10.2 Å². The highest BCUT2D eigenvalue weighted by molar-refractivity contribution is 7.13. The van der Waals surface area contributed by atoms with Crippen molar-refractivity contribution < 1.29 is 4.39 Å². The molecule has 0 radical (unpaired) electrons. The van der Waals surface area contributed by atoms with Crippen LogP contribution in [-0.2, 0) is 6.54 Å². The van der Waals surface area contributed by atoms with Crippen molar-refractivity contribution in [3.8, 4) is 0 Å². The van der Waals surface area contributed by atoms with Crippen LogP contribution in [0, 0.1) is 5.82 Å². The fourth-order valence-electron chi connectivity index (χ4n) is 1.64. The van der Waals surface area contributed by atoms with E-state index in [-0.39, 0.29) is 5.82 Å². The van der Waals surface area contributed by atoms with E-state index < -0.39 is 0 Å². The van der Waals surface area contributed by atoms with Gasteiger partial charge < -0.3 is 10.2 Å². The van der Waals surface area contributed by atoms with Gasteiger partial charge >= 0.3 is 0 Å². The maximum absolute atomic E-state index is 13.2. The molecule has 19 heavy (non-hydrogen) atoms. The van der Waals surface area contributed by atoms with E-state index in [1.165, 1.54) is 12.1 Å². The summed E-state index contributed by atoms with van der Waals surface area (Å²) in [6.07, 6.45) is 0. The predicted molar refractivity (Wildman–Crippen MR) is 78.6 cm³/mol. The Kier molecular flexibility index (Phi) is 4.50. The smallest absolute Gasteiger partial charge is 0.189 e. The minimum Gasteiger partial charge on any atom is -0.321 e. The van der Waals surface area contributed by atoms with Crippen LogP contribution in [-0.4, -0.2) is 18.1 Å². The molecule has 102 valence electrons. The molecule has 0 bridgehead atoms. The van der Waals surface area contributed by atoms with Crippen molar-refractivity contribution in [3.63, 3.8) is 0 Å². The van der Waals surface area contributed by atoms with Gasteiger partial charge in [-0.25, -0.2) is 9.37 Å². The number of hydrogen-bond acceptors (Lipinski definition) is 4. The van der Waals surface area contributed by atoms with Crippen molar-refractivity contribution in [1.29, 1.82) is 0 Å². The lowest BCUT2D eigenvalue weighted by Crippen LogP contribution is -2.22. The van der Waals surface area contributed by atoms with Crippen molar-refractivity contribution in [2.75, 3.05) is 11.9 Å². The summed E-state index contributed by atoms with van der Waals surface area (Å²) in [5.74, 6) is -0.234. The third-order valence-electron chi connectivity index (χ3n) is 2.71. The van der Waals surface area contributed by atoms with Crippen LogP contribution in [0.5, 0.6) is 0 Å². The van der Waals surface area contributed by atoms with Gasteiger partial charge in [0.2, 0.25) is 0 Å². The first-order valence-electron chi connectivity index (χ1n) is 6.23. The molecule has 1 aromatic carbocycles. The fraction of sp³-hybridized carbons (Fsp3) is 0.357. The van der Waals surface area contributed by atoms with Gasteiger partial charge in [-0.1, -0.05) is 19.9 Å². The maximum Gasteiger partial charge on any atom is 0.189 e. The van der Waals surface area contributed by atoms with Gasteiger partial charge in [0.05, 0.1) is 5.69 Å². The van der Waals surface area contributed by atoms with E-state index in [1.807, 2.05) is 23.4 Å². The lowest BCUT2D eigenvalue weighted by Gasteiger charge is -2.15. The molecular weight excluding hydrogens is 261 g/mol. The van der Waals surface area contributed by atoms with E-state index in [9.17, 15) is 4.39 Å². The third kappa shape index (κ3) is 3.75. The molecule has 0 fully saturated rings. The number of thiazole rings is 1. The zero-order valence-electron chi connectivity index (χ0n) is 11.4. The minimum absolute atomic E-state index is 0.234. The molecule has 0 aliphatic carbocycles. The molecule has 0 unspecified atom stereocenters. The van der Waals surface area contributed by atoms with Gasteiger partial charge in [-0.2, -0.15) is 0 Å². The number of aromatic nitrogens is 1. The molecule has 5 heteroatoms. The van der Waals surface area contributed by atoms with Gasteiger partial charge in [0, 0.05) is 30.7 Å². The van der Waals surface area contributed by atoms with Gasteiger partial charge in [-0.15, -0.1) is 11.3 Å². The Morgan fingerprint density at radius 2 is 2.21 bits per heavy atom. The fourth-order valence-corrected chi connectivity index (χ4v) is 2.45. The Balaban J connectivity index is 2.09. The molecule has 0 saturated heterocycles. The second kappa shape index (κ2) is 6.12. The summed E-state index contributed by atoms with van der Waals surface area (Å²) in [7, 11) is 1.90. The average Bonchev–Trinajstić information content (AvgIpc) is 2.84. The summed E-state index contributed by atoms with van der Waals surface area (Å²) in [6.45, 7) is 4.96. The molecular formula is C14H18FN3S. The summed E-state index contributed by atoms with van der Waals surface area (Å²) >= 11 is 1.56. The molecule has 2 aromatic rings. The summed E-state index contributed by atoms with van der Waals surface area (Å²) in [5.41, 5.74) is 1.81. The van der Waals surface area contributed by atoms with Crippen LogP contribution in [0.1, 0.15) is 19.5 Å². The molecule has 1 heterocycles. The summed E-state index contributed by atoms with van der Waals surface area (Å²) < 4.78 is 13.2. The highest BCUT2D eigenvalue weighted by Crippen LogP contribution is 2.27. The topological polar surface area (TPSA) is 28.2 Å². The van der Waals surface area contributed by atoms with E-state index >= 15 is 0 Å². The van der Waals surface area contributed by atoms with Crippen molar-refractivity contribution >= 4 is 22.2 Å². The van der Waals surface area contributed by atoms with Crippen molar-refractivity contribution in [3.05, 3.63) is 41.2 Å². The SMILES string of the molecule is CC(C)NCc1csc(N(C)c2cccc(F)c2)n1. The van der Waals surface area contributed by atoms with Crippen LogP contribution in [0.3, 0.4) is 0 Å². The molecule has 1 N–H and O–H groups in total. The Labute approximate surface area is 117 Å². The van der Waals surface area contributed by atoms with Gasteiger partial charge in [0.1, 0.15) is 5.82 Å². The number of nitrogens with zero attached hydrogens (tertiary/aromatic N) is 2. The van der Waals surface area contributed by atoms with Gasteiger partial charge in [-0.05, 0) is 18.2 Å². The van der Waals surface area contributed by atoms with Crippen molar-refractivity contribution in [2.45, 2.75) is 26.4 Å². The van der Waals surface area contributed by atoms with E-state index in [0.717, 1.165) is 23.1 Å². The van der Waals surface area contributed by atoms with E-state index in [1.54, 1.807) is 17.4 Å². The normalized spacial score (nSPS) is 11.0. The van der Waals surface area contributed by atoms with Crippen molar-refractivity contribution in [1.82, 2.24) is 10.3 Å². The van der Waals surface area contributed by atoms with Gasteiger partial charge in [0.15, 0.2) is 5.13 Å². The molecule has 0 amide bonds. The Bertz CT molecular complexity index is 539. The first-order valence-corrected chi connectivity index (χ1v) is 7.11.